The summed E-state index contributed by atoms with van der Waals surface area (Å²) in [7, 11) is 0. The van der Waals surface area contributed by atoms with Crippen LogP contribution in [-0.2, 0) is 4.74 Å². The molecular weight excluding hydrogens is 264 g/mol. The van der Waals surface area contributed by atoms with Crippen molar-refractivity contribution in [2.75, 3.05) is 31.6 Å². The number of aromatic nitrogens is 2. The van der Waals surface area contributed by atoms with Crippen molar-refractivity contribution in [1.82, 2.24) is 14.9 Å². The number of hydrogen-bond acceptors (Lipinski definition) is 5. The quantitative estimate of drug-likeness (QED) is 0.923. The van der Waals surface area contributed by atoms with Crippen molar-refractivity contribution in [3.05, 3.63) is 17.6 Å². The Morgan fingerprint density at radius 1 is 1.24 bits per heavy atom. The molecule has 1 aliphatic heterocycles. The lowest BCUT2D eigenvalue weighted by Gasteiger charge is -2.57. The molecule has 116 valence electrons. The average Bonchev–Trinajstić information content (AvgIpc) is 2.43. The Morgan fingerprint density at radius 2 is 1.95 bits per heavy atom. The third kappa shape index (κ3) is 2.90. The fourth-order valence-electron chi connectivity index (χ4n) is 3.63. The maximum Gasteiger partial charge on any atom is 0.130 e. The van der Waals surface area contributed by atoms with Crippen LogP contribution in [-0.4, -0.2) is 53.3 Å². The lowest BCUT2D eigenvalue weighted by molar-refractivity contribution is -0.0636. The monoisotopic (exact) mass is 290 g/mol. The normalized spacial score (nSPS) is 29.0. The zero-order valence-electron chi connectivity index (χ0n) is 13.5. The van der Waals surface area contributed by atoms with E-state index in [0.717, 1.165) is 43.6 Å². The molecule has 0 amide bonds. The summed E-state index contributed by atoms with van der Waals surface area (Å²) in [6, 6.07) is 3.15. The van der Waals surface area contributed by atoms with Crippen LogP contribution in [0.4, 0.5) is 5.82 Å². The summed E-state index contributed by atoms with van der Waals surface area (Å²) in [6.07, 6.45) is 1.18. The van der Waals surface area contributed by atoms with Gasteiger partial charge in [0.15, 0.2) is 0 Å². The van der Waals surface area contributed by atoms with Gasteiger partial charge in [-0.2, -0.15) is 0 Å². The molecule has 5 heteroatoms. The van der Waals surface area contributed by atoms with Crippen LogP contribution in [0.5, 0.6) is 0 Å². The SMILES string of the molecule is Cc1cc(NC2CC(N3CCOCC3)C2(C)C)nc(C)n1. The molecule has 3 rings (SSSR count). The number of nitrogens with zero attached hydrogens (tertiary/aromatic N) is 3. The lowest BCUT2D eigenvalue weighted by Crippen LogP contribution is -2.65. The summed E-state index contributed by atoms with van der Waals surface area (Å²) >= 11 is 0. The van der Waals surface area contributed by atoms with Crippen LogP contribution in [0, 0.1) is 19.3 Å². The van der Waals surface area contributed by atoms with Crippen molar-refractivity contribution in [1.29, 1.82) is 0 Å². The summed E-state index contributed by atoms with van der Waals surface area (Å²) in [5, 5.41) is 3.61. The molecule has 1 saturated heterocycles. The zero-order chi connectivity index (χ0) is 15.0. The van der Waals surface area contributed by atoms with E-state index in [1.165, 1.54) is 6.42 Å². The lowest BCUT2D eigenvalue weighted by atomic mass is 9.62. The van der Waals surface area contributed by atoms with Crippen LogP contribution >= 0.6 is 0 Å². The van der Waals surface area contributed by atoms with Crippen molar-refractivity contribution in [2.45, 2.75) is 46.2 Å². The Bertz CT molecular complexity index is 491. The highest BCUT2D eigenvalue weighted by Crippen LogP contribution is 2.45. The Morgan fingerprint density at radius 3 is 2.57 bits per heavy atom. The molecule has 21 heavy (non-hydrogen) atoms. The topological polar surface area (TPSA) is 50.3 Å². The van der Waals surface area contributed by atoms with E-state index in [1.54, 1.807) is 0 Å². The molecule has 2 heterocycles. The van der Waals surface area contributed by atoms with E-state index < -0.39 is 0 Å². The highest BCUT2D eigenvalue weighted by molar-refractivity contribution is 5.39. The molecular formula is C16H26N4O. The minimum Gasteiger partial charge on any atom is -0.379 e. The van der Waals surface area contributed by atoms with E-state index >= 15 is 0 Å². The van der Waals surface area contributed by atoms with Crippen molar-refractivity contribution in [3.63, 3.8) is 0 Å². The molecule has 2 fully saturated rings. The number of morpholine rings is 1. The second kappa shape index (κ2) is 5.54. The molecule has 1 aromatic rings. The van der Waals surface area contributed by atoms with Crippen LogP contribution in [0.3, 0.4) is 0 Å². The predicted molar refractivity (Wildman–Crippen MR) is 83.5 cm³/mol. The molecule has 0 aromatic carbocycles. The smallest absolute Gasteiger partial charge is 0.130 e. The van der Waals surface area contributed by atoms with Crippen LogP contribution < -0.4 is 5.32 Å². The van der Waals surface area contributed by atoms with Gasteiger partial charge in [-0.25, -0.2) is 9.97 Å². The Balaban J connectivity index is 1.65. The van der Waals surface area contributed by atoms with E-state index in [0.29, 0.717) is 12.1 Å². The first-order chi connectivity index (χ1) is 9.96. The molecule has 1 saturated carbocycles. The van der Waals surface area contributed by atoms with Gasteiger partial charge in [-0.3, -0.25) is 4.90 Å². The second-order valence-electron chi connectivity index (χ2n) is 6.86. The van der Waals surface area contributed by atoms with E-state index in [2.05, 4.69) is 34.0 Å². The van der Waals surface area contributed by atoms with E-state index in [-0.39, 0.29) is 5.41 Å². The van der Waals surface area contributed by atoms with Gasteiger partial charge in [0, 0.05) is 42.3 Å². The maximum atomic E-state index is 5.46. The second-order valence-corrected chi connectivity index (χ2v) is 6.86. The summed E-state index contributed by atoms with van der Waals surface area (Å²) in [5.74, 6) is 1.79. The number of ether oxygens (including phenoxy) is 1. The molecule has 1 aliphatic carbocycles. The molecule has 0 bridgehead atoms. The fraction of sp³-hybridized carbons (Fsp3) is 0.750. The van der Waals surface area contributed by atoms with Gasteiger partial charge in [-0.05, 0) is 20.3 Å². The number of anilines is 1. The average molecular weight is 290 g/mol. The highest BCUT2D eigenvalue weighted by atomic mass is 16.5. The summed E-state index contributed by atoms with van der Waals surface area (Å²) in [5.41, 5.74) is 1.27. The number of nitrogens with one attached hydrogen (secondary N) is 1. The molecule has 2 aliphatic rings. The van der Waals surface area contributed by atoms with Gasteiger partial charge < -0.3 is 10.1 Å². The Kier molecular flexibility index (Phi) is 3.88. The Labute approximate surface area is 127 Å². The molecule has 2 atom stereocenters. The first-order valence-electron chi connectivity index (χ1n) is 7.87. The third-order valence-corrected chi connectivity index (χ3v) is 4.99. The first kappa shape index (κ1) is 14.7. The zero-order valence-corrected chi connectivity index (χ0v) is 13.5. The number of aryl methyl sites for hydroxylation is 2. The predicted octanol–water partition coefficient (Wildman–Crippen LogP) is 2.00. The minimum atomic E-state index is 0.254. The van der Waals surface area contributed by atoms with Crippen LogP contribution in [0.2, 0.25) is 0 Å². The van der Waals surface area contributed by atoms with Gasteiger partial charge in [0.2, 0.25) is 0 Å². The summed E-state index contributed by atoms with van der Waals surface area (Å²) in [6.45, 7) is 12.5. The van der Waals surface area contributed by atoms with Gasteiger partial charge in [0.1, 0.15) is 11.6 Å². The fourth-order valence-corrected chi connectivity index (χ4v) is 3.63. The number of rotatable bonds is 3. The van der Waals surface area contributed by atoms with Gasteiger partial charge >= 0.3 is 0 Å². The first-order valence-corrected chi connectivity index (χ1v) is 7.87. The van der Waals surface area contributed by atoms with Gasteiger partial charge in [0.05, 0.1) is 13.2 Å². The maximum absolute atomic E-state index is 5.46. The molecule has 0 radical (unpaired) electrons. The van der Waals surface area contributed by atoms with Crippen molar-refractivity contribution in [3.8, 4) is 0 Å². The molecule has 1 aromatic heterocycles. The van der Waals surface area contributed by atoms with Crippen LogP contribution in [0.1, 0.15) is 31.8 Å². The van der Waals surface area contributed by atoms with E-state index in [1.807, 2.05) is 19.9 Å². The Hall–Kier alpha value is -1.20. The van der Waals surface area contributed by atoms with Gasteiger partial charge in [-0.15, -0.1) is 0 Å². The minimum absolute atomic E-state index is 0.254. The standard InChI is InChI=1S/C16H26N4O/c1-11-9-15(18-12(2)17-11)19-13-10-14(16(13,3)4)20-5-7-21-8-6-20/h9,13-14H,5-8,10H2,1-4H3,(H,17,18,19). The molecule has 5 nitrogen and oxygen atoms in total. The van der Waals surface area contributed by atoms with Crippen molar-refractivity contribution in [2.24, 2.45) is 5.41 Å². The molecule has 0 spiro atoms. The number of hydrogen-bond donors (Lipinski definition) is 1. The van der Waals surface area contributed by atoms with Gasteiger partial charge in [-0.1, -0.05) is 13.8 Å². The highest BCUT2D eigenvalue weighted by Gasteiger charge is 2.50. The third-order valence-electron chi connectivity index (χ3n) is 4.99. The van der Waals surface area contributed by atoms with Crippen LogP contribution in [0.25, 0.3) is 0 Å². The summed E-state index contributed by atoms with van der Waals surface area (Å²) < 4.78 is 5.46. The largest absolute Gasteiger partial charge is 0.379 e. The van der Waals surface area contributed by atoms with Crippen molar-refractivity contribution < 1.29 is 4.74 Å². The summed E-state index contributed by atoms with van der Waals surface area (Å²) in [4.78, 5) is 11.4. The van der Waals surface area contributed by atoms with Crippen molar-refractivity contribution >= 4 is 5.82 Å². The van der Waals surface area contributed by atoms with E-state index in [4.69, 9.17) is 4.74 Å². The molecule has 2 unspecified atom stereocenters. The van der Waals surface area contributed by atoms with E-state index in [9.17, 15) is 0 Å². The van der Waals surface area contributed by atoms with Crippen LogP contribution in [0.15, 0.2) is 6.07 Å². The molecule has 1 N–H and O–H groups in total. The van der Waals surface area contributed by atoms with Gasteiger partial charge in [0.25, 0.3) is 0 Å².